The van der Waals surface area contributed by atoms with Crippen LogP contribution in [-0.4, -0.2) is 54.1 Å². The van der Waals surface area contributed by atoms with Crippen LogP contribution < -0.4 is 5.73 Å². The van der Waals surface area contributed by atoms with Gasteiger partial charge in [0.25, 0.3) is 0 Å². The average Bonchev–Trinajstić information content (AvgIpc) is 2.27. The quantitative estimate of drug-likeness (QED) is 0.782. The van der Waals surface area contributed by atoms with Crippen molar-refractivity contribution < 1.29 is 0 Å². The van der Waals surface area contributed by atoms with Crippen molar-refractivity contribution in [2.45, 2.75) is 51.1 Å². The highest BCUT2D eigenvalue weighted by Gasteiger charge is 2.35. The van der Waals surface area contributed by atoms with Crippen molar-refractivity contribution >= 4 is 0 Å². The van der Waals surface area contributed by atoms with Crippen LogP contribution in [0.3, 0.4) is 0 Å². The fourth-order valence-corrected chi connectivity index (χ4v) is 2.85. The average molecular weight is 225 g/mol. The summed E-state index contributed by atoms with van der Waals surface area (Å²) in [7, 11) is 0. The first-order valence-electron chi connectivity index (χ1n) is 6.88. The van der Waals surface area contributed by atoms with Gasteiger partial charge < -0.3 is 5.73 Å². The Balaban J connectivity index is 1.72. The van der Waals surface area contributed by atoms with Crippen molar-refractivity contribution in [1.82, 2.24) is 9.80 Å². The van der Waals surface area contributed by atoms with Crippen molar-refractivity contribution in [3.05, 3.63) is 0 Å². The molecular formula is C13H27N3. The lowest BCUT2D eigenvalue weighted by Gasteiger charge is -2.45. The molecule has 16 heavy (non-hydrogen) atoms. The molecule has 1 heterocycles. The fraction of sp³-hybridized carbons (Fsp3) is 1.00. The Bertz CT molecular complexity index is 217. The highest BCUT2D eigenvalue weighted by atomic mass is 15.3. The Hall–Kier alpha value is -0.120. The summed E-state index contributed by atoms with van der Waals surface area (Å²) in [6.07, 6.45) is 5.07. The van der Waals surface area contributed by atoms with Crippen molar-refractivity contribution in [3.63, 3.8) is 0 Å². The van der Waals surface area contributed by atoms with Crippen LogP contribution in [0.2, 0.25) is 0 Å². The minimum atomic E-state index is 0.165. The lowest BCUT2D eigenvalue weighted by molar-refractivity contribution is 0.0680. The molecule has 2 aliphatic rings. The van der Waals surface area contributed by atoms with Crippen LogP contribution in [0.5, 0.6) is 0 Å². The monoisotopic (exact) mass is 225 g/mol. The third kappa shape index (κ3) is 2.76. The first kappa shape index (κ1) is 12.3. The van der Waals surface area contributed by atoms with Crippen LogP contribution in [0.4, 0.5) is 0 Å². The fourth-order valence-electron chi connectivity index (χ4n) is 2.85. The predicted octanol–water partition coefficient (Wildman–Crippen LogP) is 1.28. The van der Waals surface area contributed by atoms with Crippen molar-refractivity contribution in [2.75, 3.05) is 32.7 Å². The molecule has 2 rings (SSSR count). The maximum absolute atomic E-state index is 6.30. The van der Waals surface area contributed by atoms with E-state index >= 15 is 0 Å². The molecule has 3 nitrogen and oxygen atoms in total. The third-order valence-electron chi connectivity index (χ3n) is 4.51. The second kappa shape index (κ2) is 5.03. The number of rotatable bonds is 4. The van der Waals surface area contributed by atoms with E-state index in [9.17, 15) is 0 Å². The largest absolute Gasteiger partial charge is 0.324 e. The molecule has 0 aromatic heterocycles. The summed E-state index contributed by atoms with van der Waals surface area (Å²) < 4.78 is 0. The molecule has 2 N–H and O–H groups in total. The molecule has 2 fully saturated rings. The summed E-state index contributed by atoms with van der Waals surface area (Å²) in [5.41, 5.74) is 6.46. The molecule has 1 aliphatic carbocycles. The molecule has 0 spiro atoms. The van der Waals surface area contributed by atoms with E-state index in [1.807, 2.05) is 0 Å². The molecule has 94 valence electrons. The Morgan fingerprint density at radius 3 is 2.25 bits per heavy atom. The highest BCUT2D eigenvalue weighted by Crippen LogP contribution is 2.30. The first-order valence-corrected chi connectivity index (χ1v) is 6.88. The minimum Gasteiger partial charge on any atom is -0.324 e. The predicted molar refractivity (Wildman–Crippen MR) is 68.5 cm³/mol. The maximum atomic E-state index is 6.30. The summed E-state index contributed by atoms with van der Waals surface area (Å²) in [6, 6.07) is 0.748. The first-order chi connectivity index (χ1) is 7.63. The van der Waals surface area contributed by atoms with E-state index in [2.05, 4.69) is 23.6 Å². The molecule has 0 aromatic carbocycles. The Morgan fingerprint density at radius 2 is 1.81 bits per heavy atom. The summed E-state index contributed by atoms with van der Waals surface area (Å²) in [5.74, 6) is 0. The lowest BCUT2D eigenvalue weighted by atomic mass is 9.77. The second-order valence-corrected chi connectivity index (χ2v) is 5.79. The van der Waals surface area contributed by atoms with E-state index in [0.717, 1.165) is 12.6 Å². The molecule has 1 saturated heterocycles. The molecule has 0 bridgehead atoms. The number of hydrogen-bond acceptors (Lipinski definition) is 3. The number of nitrogens with zero attached hydrogens (tertiary/aromatic N) is 2. The zero-order valence-electron chi connectivity index (χ0n) is 10.9. The van der Waals surface area contributed by atoms with E-state index in [4.69, 9.17) is 5.73 Å². The molecule has 1 atom stereocenters. The van der Waals surface area contributed by atoms with Gasteiger partial charge in [-0.1, -0.05) is 6.92 Å². The lowest BCUT2D eigenvalue weighted by Crippen LogP contribution is -2.59. The molecule has 0 amide bonds. The van der Waals surface area contributed by atoms with Gasteiger partial charge in [-0.15, -0.1) is 0 Å². The van der Waals surface area contributed by atoms with E-state index in [1.54, 1.807) is 0 Å². The molecule has 1 saturated carbocycles. The van der Waals surface area contributed by atoms with Crippen LogP contribution in [0.1, 0.15) is 39.5 Å². The maximum Gasteiger partial charge on any atom is 0.0283 e. The van der Waals surface area contributed by atoms with Crippen LogP contribution in [0.25, 0.3) is 0 Å². The van der Waals surface area contributed by atoms with Gasteiger partial charge in [0.2, 0.25) is 0 Å². The molecule has 1 unspecified atom stereocenters. The van der Waals surface area contributed by atoms with Crippen LogP contribution in [-0.2, 0) is 0 Å². The van der Waals surface area contributed by atoms with Gasteiger partial charge in [0.15, 0.2) is 0 Å². The summed E-state index contributed by atoms with van der Waals surface area (Å²) in [6.45, 7) is 10.6. The normalized spacial score (nSPS) is 28.7. The zero-order valence-corrected chi connectivity index (χ0v) is 10.9. The van der Waals surface area contributed by atoms with Gasteiger partial charge in [0.05, 0.1) is 0 Å². The smallest absolute Gasteiger partial charge is 0.0283 e. The van der Waals surface area contributed by atoms with E-state index in [1.165, 1.54) is 51.9 Å². The summed E-state index contributed by atoms with van der Waals surface area (Å²) in [4.78, 5) is 5.18. The Morgan fingerprint density at radius 1 is 1.19 bits per heavy atom. The molecule has 3 heteroatoms. The second-order valence-electron chi connectivity index (χ2n) is 5.79. The molecule has 1 aliphatic heterocycles. The van der Waals surface area contributed by atoms with Crippen molar-refractivity contribution in [2.24, 2.45) is 5.73 Å². The third-order valence-corrected chi connectivity index (χ3v) is 4.51. The van der Waals surface area contributed by atoms with Crippen molar-refractivity contribution in [1.29, 1.82) is 0 Å². The molecule has 0 radical (unpaired) electrons. The van der Waals surface area contributed by atoms with Crippen LogP contribution >= 0.6 is 0 Å². The number of piperazine rings is 1. The molecule has 0 aromatic rings. The van der Waals surface area contributed by atoms with E-state index in [0.29, 0.717) is 0 Å². The summed E-state index contributed by atoms with van der Waals surface area (Å²) >= 11 is 0. The van der Waals surface area contributed by atoms with Crippen LogP contribution in [0.15, 0.2) is 0 Å². The zero-order chi connectivity index (χ0) is 11.6. The van der Waals surface area contributed by atoms with Gasteiger partial charge in [0.1, 0.15) is 0 Å². The van der Waals surface area contributed by atoms with Crippen LogP contribution in [0, 0.1) is 0 Å². The van der Waals surface area contributed by atoms with Gasteiger partial charge in [-0.3, -0.25) is 9.80 Å². The Labute approximate surface area is 100.0 Å². The minimum absolute atomic E-state index is 0.165. The molecular weight excluding hydrogens is 198 g/mol. The standard InChI is InChI=1S/C13H27N3/c1-3-12(2)16-9-7-15(8-10-16)11-13(14)5-4-6-13/h12H,3-11,14H2,1-2H3. The Kier molecular flexibility index (Phi) is 3.88. The van der Waals surface area contributed by atoms with Gasteiger partial charge in [-0.2, -0.15) is 0 Å². The number of nitrogens with two attached hydrogens (primary N) is 1. The van der Waals surface area contributed by atoms with Gasteiger partial charge in [0, 0.05) is 44.3 Å². The van der Waals surface area contributed by atoms with E-state index in [-0.39, 0.29) is 5.54 Å². The van der Waals surface area contributed by atoms with Gasteiger partial charge >= 0.3 is 0 Å². The summed E-state index contributed by atoms with van der Waals surface area (Å²) in [5, 5.41) is 0. The topological polar surface area (TPSA) is 32.5 Å². The van der Waals surface area contributed by atoms with Gasteiger partial charge in [-0.25, -0.2) is 0 Å². The van der Waals surface area contributed by atoms with Gasteiger partial charge in [-0.05, 0) is 32.6 Å². The van der Waals surface area contributed by atoms with E-state index < -0.39 is 0 Å². The number of hydrogen-bond donors (Lipinski definition) is 1. The SMILES string of the molecule is CCC(C)N1CCN(CC2(N)CCC2)CC1. The van der Waals surface area contributed by atoms with Crippen molar-refractivity contribution in [3.8, 4) is 0 Å². The highest BCUT2D eigenvalue weighted by molar-refractivity contribution is 4.96.